The largest absolute Gasteiger partial charge is 0.381 e. The lowest BCUT2D eigenvalue weighted by molar-refractivity contribution is -0.118. The van der Waals surface area contributed by atoms with Crippen molar-refractivity contribution in [2.24, 2.45) is 11.3 Å². The third-order valence-corrected chi connectivity index (χ3v) is 6.04. The van der Waals surface area contributed by atoms with Gasteiger partial charge in [0.1, 0.15) is 0 Å². The molecule has 1 heterocycles. The minimum absolute atomic E-state index is 0.00497. The molecule has 5 nitrogen and oxygen atoms in total. The number of hydrogen-bond donors (Lipinski definition) is 1. The van der Waals surface area contributed by atoms with E-state index in [4.69, 9.17) is 4.74 Å². The highest BCUT2D eigenvalue weighted by Gasteiger charge is 2.57. The second-order valence-corrected chi connectivity index (χ2v) is 7.97. The number of benzene rings is 1. The summed E-state index contributed by atoms with van der Waals surface area (Å²) in [6.45, 7) is 1.29. The van der Waals surface area contributed by atoms with Crippen LogP contribution >= 0.6 is 0 Å². The average molecular weight is 345 g/mol. The fraction of sp³-hybridized carbons (Fsp3) is 0.533. The van der Waals surface area contributed by atoms with Crippen LogP contribution in [0, 0.1) is 11.3 Å². The van der Waals surface area contributed by atoms with Crippen LogP contribution in [0.3, 0.4) is 0 Å². The molecule has 1 atom stereocenters. The van der Waals surface area contributed by atoms with Gasteiger partial charge in [0.15, 0.2) is 0 Å². The van der Waals surface area contributed by atoms with Gasteiger partial charge in [-0.05, 0) is 42.9 Å². The molecular formula is C15H17F2NO4S. The molecule has 0 aromatic heterocycles. The lowest BCUT2D eigenvalue weighted by Gasteiger charge is -2.22. The number of carbonyl (C=O) groups is 1. The van der Waals surface area contributed by atoms with Gasteiger partial charge in [-0.1, -0.05) is 6.07 Å². The Morgan fingerprint density at radius 3 is 2.65 bits per heavy atom. The molecule has 1 spiro atoms. The number of nitrogens with one attached hydrogen (secondary N) is 1. The summed E-state index contributed by atoms with van der Waals surface area (Å²) in [5.74, 6) is -3.80. The van der Waals surface area contributed by atoms with E-state index in [1.54, 1.807) is 0 Å². The van der Waals surface area contributed by atoms with Crippen molar-refractivity contribution >= 4 is 21.4 Å². The Morgan fingerprint density at radius 2 is 2.00 bits per heavy atom. The van der Waals surface area contributed by atoms with Crippen LogP contribution in [-0.2, 0) is 19.4 Å². The standard InChI is InChI=1S/C15H17F2NO4S/c16-14(17)23(20,21)11-3-1-2-10(8-11)18-13(19)12-9-15(12)4-6-22-7-5-15/h1-3,8,12,14H,4-7,9H2,(H,18,19)/t12-/m1/s1. The lowest BCUT2D eigenvalue weighted by Crippen LogP contribution is -2.24. The maximum absolute atomic E-state index is 12.6. The van der Waals surface area contributed by atoms with Gasteiger partial charge in [0, 0.05) is 24.8 Å². The molecule has 8 heteroatoms. The van der Waals surface area contributed by atoms with Crippen LogP contribution in [0.5, 0.6) is 0 Å². The molecule has 23 heavy (non-hydrogen) atoms. The fourth-order valence-corrected chi connectivity index (χ4v) is 3.90. The molecule has 126 valence electrons. The normalized spacial score (nSPS) is 23.0. The van der Waals surface area contributed by atoms with E-state index in [0.717, 1.165) is 31.4 Å². The van der Waals surface area contributed by atoms with Crippen molar-refractivity contribution in [1.82, 2.24) is 0 Å². The minimum atomic E-state index is -4.67. The molecule has 0 radical (unpaired) electrons. The number of halogens is 2. The van der Waals surface area contributed by atoms with E-state index in [9.17, 15) is 22.0 Å². The van der Waals surface area contributed by atoms with E-state index in [1.807, 2.05) is 0 Å². The van der Waals surface area contributed by atoms with E-state index in [2.05, 4.69) is 5.32 Å². The van der Waals surface area contributed by atoms with Crippen molar-refractivity contribution in [1.29, 1.82) is 0 Å². The first kappa shape index (κ1) is 16.3. The van der Waals surface area contributed by atoms with Gasteiger partial charge in [0.2, 0.25) is 15.7 Å². The first-order valence-electron chi connectivity index (χ1n) is 7.36. The first-order valence-corrected chi connectivity index (χ1v) is 8.91. The zero-order chi connectivity index (χ0) is 16.7. The van der Waals surface area contributed by atoms with Gasteiger partial charge in [0.05, 0.1) is 4.90 Å². The number of sulfone groups is 1. The van der Waals surface area contributed by atoms with E-state index in [0.29, 0.717) is 13.2 Å². The number of alkyl halides is 2. The van der Waals surface area contributed by atoms with Crippen LogP contribution in [0.2, 0.25) is 0 Å². The molecule has 1 amide bonds. The summed E-state index contributed by atoms with van der Waals surface area (Å²) in [5, 5.41) is 2.64. The van der Waals surface area contributed by atoms with Crippen molar-refractivity contribution in [3.8, 4) is 0 Å². The molecule has 1 saturated carbocycles. The quantitative estimate of drug-likeness (QED) is 0.910. The summed E-state index contributed by atoms with van der Waals surface area (Å²) in [6.07, 6.45) is 2.47. The Balaban J connectivity index is 1.71. The Morgan fingerprint density at radius 1 is 1.30 bits per heavy atom. The van der Waals surface area contributed by atoms with Crippen LogP contribution in [0.15, 0.2) is 29.2 Å². The lowest BCUT2D eigenvalue weighted by atomic mass is 9.93. The predicted molar refractivity (Wildman–Crippen MR) is 78.9 cm³/mol. The monoisotopic (exact) mass is 345 g/mol. The van der Waals surface area contributed by atoms with Gasteiger partial charge in [-0.2, -0.15) is 8.78 Å². The molecule has 0 unspecified atom stereocenters. The van der Waals surface area contributed by atoms with Crippen molar-refractivity contribution in [3.05, 3.63) is 24.3 Å². The summed E-state index contributed by atoms with van der Waals surface area (Å²) in [4.78, 5) is 11.8. The zero-order valence-electron chi connectivity index (χ0n) is 12.3. The average Bonchev–Trinajstić information content (AvgIpc) is 3.21. The maximum Gasteiger partial charge on any atom is 0.341 e. The second-order valence-electron chi connectivity index (χ2n) is 6.05. The van der Waals surface area contributed by atoms with E-state index in [1.165, 1.54) is 12.1 Å². The van der Waals surface area contributed by atoms with Crippen molar-refractivity contribution < 1.29 is 26.7 Å². The van der Waals surface area contributed by atoms with E-state index >= 15 is 0 Å². The van der Waals surface area contributed by atoms with Crippen LogP contribution < -0.4 is 5.32 Å². The number of rotatable bonds is 4. The fourth-order valence-electron chi connectivity index (χ4n) is 3.13. The van der Waals surface area contributed by atoms with Gasteiger partial charge in [-0.3, -0.25) is 4.79 Å². The Bertz CT molecular complexity index is 714. The molecule has 3 rings (SSSR count). The highest BCUT2D eigenvalue weighted by molar-refractivity contribution is 7.91. The van der Waals surface area contributed by atoms with Crippen LogP contribution in [0.4, 0.5) is 14.5 Å². The topological polar surface area (TPSA) is 72.5 Å². The van der Waals surface area contributed by atoms with Crippen LogP contribution in [0.25, 0.3) is 0 Å². The molecule has 1 N–H and O–H groups in total. The Labute approximate surface area is 132 Å². The first-order chi connectivity index (χ1) is 10.8. The smallest absolute Gasteiger partial charge is 0.341 e. The molecule has 1 aliphatic carbocycles. The summed E-state index contributed by atoms with van der Waals surface area (Å²) < 4.78 is 53.4. The van der Waals surface area contributed by atoms with Gasteiger partial charge in [0.25, 0.3) is 0 Å². The zero-order valence-corrected chi connectivity index (χ0v) is 13.1. The summed E-state index contributed by atoms with van der Waals surface area (Å²) in [5.41, 5.74) is 0.209. The highest BCUT2D eigenvalue weighted by atomic mass is 32.2. The Hall–Kier alpha value is -1.54. The molecule has 2 fully saturated rings. The molecule has 1 aromatic rings. The summed E-state index contributed by atoms with van der Waals surface area (Å²) >= 11 is 0. The SMILES string of the molecule is O=C(Nc1cccc(S(=O)(=O)C(F)F)c1)[C@H]1CC12CCOCC2. The molecule has 1 aliphatic heterocycles. The van der Waals surface area contributed by atoms with Gasteiger partial charge >= 0.3 is 5.76 Å². The number of ether oxygens (including phenoxy) is 1. The van der Waals surface area contributed by atoms with Gasteiger partial charge < -0.3 is 10.1 Å². The van der Waals surface area contributed by atoms with Crippen molar-refractivity contribution in [2.45, 2.75) is 29.9 Å². The molecule has 1 saturated heterocycles. The second kappa shape index (κ2) is 5.83. The molecular weight excluding hydrogens is 328 g/mol. The number of hydrogen-bond acceptors (Lipinski definition) is 4. The molecule has 1 aromatic carbocycles. The third-order valence-electron chi connectivity index (χ3n) is 4.66. The Kier molecular flexibility index (Phi) is 4.14. The number of amides is 1. The van der Waals surface area contributed by atoms with E-state index in [-0.39, 0.29) is 22.9 Å². The van der Waals surface area contributed by atoms with Crippen LogP contribution in [0.1, 0.15) is 19.3 Å². The predicted octanol–water partition coefficient (Wildman–Crippen LogP) is 2.44. The number of carbonyl (C=O) groups excluding carboxylic acids is 1. The molecule has 0 bridgehead atoms. The van der Waals surface area contributed by atoms with Gasteiger partial charge in [-0.15, -0.1) is 0 Å². The van der Waals surface area contributed by atoms with Crippen LogP contribution in [-0.4, -0.2) is 33.3 Å². The maximum atomic E-state index is 12.6. The third kappa shape index (κ3) is 3.10. The van der Waals surface area contributed by atoms with Gasteiger partial charge in [-0.25, -0.2) is 8.42 Å². The van der Waals surface area contributed by atoms with Crippen molar-refractivity contribution in [3.63, 3.8) is 0 Å². The van der Waals surface area contributed by atoms with Crippen molar-refractivity contribution in [2.75, 3.05) is 18.5 Å². The molecule has 2 aliphatic rings. The van der Waals surface area contributed by atoms with E-state index < -0.39 is 20.5 Å². The highest BCUT2D eigenvalue weighted by Crippen LogP contribution is 2.59. The summed E-state index contributed by atoms with van der Waals surface area (Å²) in [7, 11) is -4.67. The summed E-state index contributed by atoms with van der Waals surface area (Å²) in [6, 6.07) is 4.98. The minimum Gasteiger partial charge on any atom is -0.381 e. The number of anilines is 1.